The fraction of sp³-hybridized carbons (Fsp3) is 0.250. The molecule has 0 saturated carbocycles. The Bertz CT molecular complexity index is 506. The quantitative estimate of drug-likeness (QED) is 0.871. The van der Waals surface area contributed by atoms with Gasteiger partial charge < -0.3 is 10.4 Å². The molecule has 0 aliphatic carbocycles. The second-order valence-corrected chi connectivity index (χ2v) is 4.76. The van der Waals surface area contributed by atoms with E-state index in [1.165, 1.54) is 12.1 Å². The van der Waals surface area contributed by atoms with Crippen LogP contribution in [0.15, 0.2) is 48.5 Å². The molecule has 100 valence electrons. The lowest BCUT2D eigenvalue weighted by Crippen LogP contribution is -2.22. The number of benzene rings is 2. The molecule has 0 bridgehead atoms. The van der Waals surface area contributed by atoms with Gasteiger partial charge in [0.2, 0.25) is 0 Å². The fourth-order valence-corrected chi connectivity index (χ4v) is 2.14. The third-order valence-corrected chi connectivity index (χ3v) is 3.22. The van der Waals surface area contributed by atoms with Gasteiger partial charge in [0.05, 0.1) is 0 Å². The number of nitrogens with one attached hydrogen (secondary N) is 1. The van der Waals surface area contributed by atoms with Gasteiger partial charge in [-0.1, -0.05) is 24.3 Å². The van der Waals surface area contributed by atoms with Crippen molar-refractivity contribution in [1.29, 1.82) is 0 Å². The Morgan fingerprint density at radius 2 is 1.53 bits per heavy atom. The number of rotatable bonds is 4. The van der Waals surface area contributed by atoms with Crippen LogP contribution in [0.1, 0.15) is 37.1 Å². The Kier molecular flexibility index (Phi) is 4.17. The van der Waals surface area contributed by atoms with E-state index >= 15 is 0 Å². The summed E-state index contributed by atoms with van der Waals surface area (Å²) in [4.78, 5) is 0. The molecule has 2 atom stereocenters. The minimum atomic E-state index is -0.226. The van der Waals surface area contributed by atoms with Crippen molar-refractivity contribution in [3.05, 3.63) is 65.5 Å². The number of halogens is 1. The van der Waals surface area contributed by atoms with Crippen molar-refractivity contribution in [2.45, 2.75) is 25.9 Å². The van der Waals surface area contributed by atoms with Crippen LogP contribution in [0.25, 0.3) is 0 Å². The minimum Gasteiger partial charge on any atom is -0.508 e. The van der Waals surface area contributed by atoms with Crippen LogP contribution in [-0.4, -0.2) is 5.11 Å². The van der Waals surface area contributed by atoms with Crippen molar-refractivity contribution in [3.63, 3.8) is 0 Å². The minimum absolute atomic E-state index is 0.0352. The molecular formula is C16H18FNO. The van der Waals surface area contributed by atoms with E-state index in [0.717, 1.165) is 11.1 Å². The summed E-state index contributed by atoms with van der Waals surface area (Å²) in [5.74, 6) is 0.0284. The summed E-state index contributed by atoms with van der Waals surface area (Å²) in [6, 6.07) is 13.8. The second kappa shape index (κ2) is 5.85. The molecule has 3 heteroatoms. The Morgan fingerprint density at radius 3 is 2.11 bits per heavy atom. The monoisotopic (exact) mass is 259 g/mol. The van der Waals surface area contributed by atoms with Gasteiger partial charge in [-0.2, -0.15) is 0 Å². The summed E-state index contributed by atoms with van der Waals surface area (Å²) in [5, 5.41) is 12.9. The van der Waals surface area contributed by atoms with Gasteiger partial charge in [0.25, 0.3) is 0 Å². The summed E-state index contributed by atoms with van der Waals surface area (Å²) in [6.45, 7) is 4.01. The predicted molar refractivity (Wildman–Crippen MR) is 74.5 cm³/mol. The zero-order valence-corrected chi connectivity index (χ0v) is 11.1. The Labute approximate surface area is 112 Å². The molecule has 2 rings (SSSR count). The average molecular weight is 259 g/mol. The van der Waals surface area contributed by atoms with Crippen molar-refractivity contribution in [2.75, 3.05) is 0 Å². The normalized spacial score (nSPS) is 14.1. The maximum Gasteiger partial charge on any atom is 0.123 e. The molecule has 2 aromatic carbocycles. The summed E-state index contributed by atoms with van der Waals surface area (Å²) >= 11 is 0. The highest BCUT2D eigenvalue weighted by atomic mass is 19.1. The number of aromatic hydroxyl groups is 1. The molecule has 0 fully saturated rings. The molecule has 19 heavy (non-hydrogen) atoms. The maximum absolute atomic E-state index is 13.2. The largest absolute Gasteiger partial charge is 0.508 e. The van der Waals surface area contributed by atoms with Crippen LogP contribution in [0.2, 0.25) is 0 Å². The summed E-state index contributed by atoms with van der Waals surface area (Å²) < 4.78 is 13.2. The third kappa shape index (κ3) is 3.55. The molecule has 0 amide bonds. The van der Waals surface area contributed by atoms with Gasteiger partial charge in [-0.25, -0.2) is 4.39 Å². The van der Waals surface area contributed by atoms with Crippen LogP contribution in [0, 0.1) is 5.82 Å². The van der Waals surface area contributed by atoms with Crippen LogP contribution >= 0.6 is 0 Å². The van der Waals surface area contributed by atoms with E-state index in [4.69, 9.17) is 0 Å². The van der Waals surface area contributed by atoms with Crippen molar-refractivity contribution in [1.82, 2.24) is 5.32 Å². The van der Waals surface area contributed by atoms with E-state index in [0.29, 0.717) is 0 Å². The highest BCUT2D eigenvalue weighted by Gasteiger charge is 2.11. The van der Waals surface area contributed by atoms with Gasteiger partial charge in [-0.15, -0.1) is 0 Å². The second-order valence-electron chi connectivity index (χ2n) is 4.76. The van der Waals surface area contributed by atoms with Gasteiger partial charge in [0.15, 0.2) is 0 Å². The fourth-order valence-electron chi connectivity index (χ4n) is 2.14. The Hall–Kier alpha value is -1.87. The molecule has 0 spiro atoms. The summed E-state index contributed by atoms with van der Waals surface area (Å²) in [7, 11) is 0. The lowest BCUT2D eigenvalue weighted by molar-refractivity contribution is 0.466. The smallest absolute Gasteiger partial charge is 0.123 e. The molecule has 2 nitrogen and oxygen atoms in total. The number of phenolic OH excluding ortho intramolecular Hbond substituents is 1. The molecule has 0 aromatic heterocycles. The molecule has 0 radical (unpaired) electrons. The predicted octanol–water partition coefficient (Wildman–Crippen LogP) is 3.94. The first-order valence-electron chi connectivity index (χ1n) is 6.36. The first-order valence-corrected chi connectivity index (χ1v) is 6.36. The molecule has 1 unspecified atom stereocenters. The molecule has 0 heterocycles. The average Bonchev–Trinajstić information content (AvgIpc) is 2.38. The molecule has 0 aliphatic rings. The highest BCUT2D eigenvalue weighted by Crippen LogP contribution is 2.22. The van der Waals surface area contributed by atoms with Crippen LogP contribution in [0.4, 0.5) is 4.39 Å². The Balaban J connectivity index is 2.08. The van der Waals surface area contributed by atoms with E-state index in [1.54, 1.807) is 18.2 Å². The van der Waals surface area contributed by atoms with Crippen LogP contribution in [0.5, 0.6) is 5.75 Å². The topological polar surface area (TPSA) is 32.3 Å². The maximum atomic E-state index is 13.2. The van der Waals surface area contributed by atoms with Gasteiger partial charge in [0.1, 0.15) is 11.6 Å². The van der Waals surface area contributed by atoms with E-state index < -0.39 is 0 Å². The molecule has 2 N–H and O–H groups in total. The Morgan fingerprint density at radius 1 is 0.947 bits per heavy atom. The van der Waals surface area contributed by atoms with Crippen LogP contribution in [0.3, 0.4) is 0 Å². The standard InChI is InChI=1S/C16H18FNO/c1-11(13-5-3-7-15(17)9-13)18-12(2)14-6-4-8-16(19)10-14/h3-12,18-19H,1-2H3/t11-,12?/m1/s1. The van der Waals surface area contributed by atoms with Gasteiger partial charge in [0, 0.05) is 12.1 Å². The van der Waals surface area contributed by atoms with Crippen LogP contribution < -0.4 is 5.32 Å². The number of hydrogen-bond acceptors (Lipinski definition) is 2. The lowest BCUT2D eigenvalue weighted by atomic mass is 10.0. The van der Waals surface area contributed by atoms with Gasteiger partial charge in [-0.3, -0.25) is 0 Å². The number of phenols is 1. The van der Waals surface area contributed by atoms with E-state index in [2.05, 4.69) is 5.32 Å². The molecular weight excluding hydrogens is 241 g/mol. The summed E-state index contributed by atoms with van der Waals surface area (Å²) in [5.41, 5.74) is 1.91. The zero-order chi connectivity index (χ0) is 13.8. The molecule has 0 aliphatic heterocycles. The lowest BCUT2D eigenvalue weighted by Gasteiger charge is -2.21. The van der Waals surface area contributed by atoms with E-state index in [1.807, 2.05) is 32.0 Å². The molecule has 0 saturated heterocycles. The van der Waals surface area contributed by atoms with Crippen molar-refractivity contribution < 1.29 is 9.50 Å². The van der Waals surface area contributed by atoms with Crippen molar-refractivity contribution >= 4 is 0 Å². The number of hydrogen-bond donors (Lipinski definition) is 2. The third-order valence-electron chi connectivity index (χ3n) is 3.22. The van der Waals surface area contributed by atoms with E-state index in [9.17, 15) is 9.50 Å². The van der Waals surface area contributed by atoms with Crippen molar-refractivity contribution in [3.8, 4) is 5.75 Å². The highest BCUT2D eigenvalue weighted by molar-refractivity contribution is 5.29. The van der Waals surface area contributed by atoms with Crippen molar-refractivity contribution in [2.24, 2.45) is 0 Å². The van der Waals surface area contributed by atoms with Gasteiger partial charge in [-0.05, 0) is 49.2 Å². The van der Waals surface area contributed by atoms with E-state index in [-0.39, 0.29) is 23.7 Å². The zero-order valence-electron chi connectivity index (χ0n) is 11.1. The first-order chi connectivity index (χ1) is 9.06. The SMILES string of the molecule is CC(N[C@H](C)c1cccc(F)c1)c1cccc(O)c1. The van der Waals surface area contributed by atoms with Gasteiger partial charge >= 0.3 is 0 Å². The summed E-state index contributed by atoms with van der Waals surface area (Å²) in [6.07, 6.45) is 0. The molecule has 2 aromatic rings. The van der Waals surface area contributed by atoms with Crippen LogP contribution in [-0.2, 0) is 0 Å². The first kappa shape index (κ1) is 13.6.